The molecule has 2 aliphatic rings. The van der Waals surface area contributed by atoms with Crippen LogP contribution in [-0.4, -0.2) is 19.1 Å². The van der Waals surface area contributed by atoms with Crippen LogP contribution >= 0.6 is 0 Å². The number of para-hydroxylation sites is 4. The van der Waals surface area contributed by atoms with E-state index in [2.05, 4.69) is 160 Å². The van der Waals surface area contributed by atoms with Gasteiger partial charge in [0.05, 0.1) is 45.4 Å². The SMILES string of the molecule is [C-]#[N+]c1ccc2c(c1)c1cc(-c3cnc4c(c3)C3(c5ccccc5Oc5cc(-n6c7ccccc7c7ccccc76)ccc53)c3cccnc3-4)ccc1n2-c1ccccc1. The number of benzene rings is 7. The fourth-order valence-corrected chi connectivity index (χ4v) is 10.2. The molecule has 0 amide bonds. The first-order valence-corrected chi connectivity index (χ1v) is 20.1. The van der Waals surface area contributed by atoms with E-state index in [9.17, 15) is 0 Å². The molecule has 1 spiro atoms. The van der Waals surface area contributed by atoms with Crippen molar-refractivity contribution < 1.29 is 4.74 Å². The van der Waals surface area contributed by atoms with Crippen molar-refractivity contribution in [3.63, 3.8) is 0 Å². The van der Waals surface area contributed by atoms with E-state index in [0.717, 1.165) is 100 Å². The lowest BCUT2D eigenvalue weighted by molar-refractivity contribution is 0.436. The van der Waals surface area contributed by atoms with Gasteiger partial charge in [-0.3, -0.25) is 9.97 Å². The van der Waals surface area contributed by atoms with E-state index in [1.807, 2.05) is 42.7 Å². The largest absolute Gasteiger partial charge is 0.457 e. The Labute approximate surface area is 344 Å². The number of rotatable bonds is 3. The average Bonchev–Trinajstić information content (AvgIpc) is 3.93. The van der Waals surface area contributed by atoms with Crippen molar-refractivity contribution in [1.82, 2.24) is 19.1 Å². The van der Waals surface area contributed by atoms with E-state index >= 15 is 0 Å². The molecule has 1 aliphatic carbocycles. The number of pyridine rings is 2. The van der Waals surface area contributed by atoms with Crippen molar-refractivity contribution in [2.75, 3.05) is 0 Å². The van der Waals surface area contributed by atoms with Gasteiger partial charge in [0.25, 0.3) is 0 Å². The smallest absolute Gasteiger partial charge is 0.188 e. The highest BCUT2D eigenvalue weighted by Crippen LogP contribution is 2.62. The fraction of sp³-hybridized carbons (Fsp3) is 0.0185. The van der Waals surface area contributed by atoms with E-state index < -0.39 is 5.41 Å². The molecule has 0 fully saturated rings. The second kappa shape index (κ2) is 12.1. The highest BCUT2D eigenvalue weighted by Gasteiger charge is 2.52. The molecule has 1 aliphatic heterocycles. The molecule has 0 saturated carbocycles. The molecule has 11 aromatic rings. The minimum absolute atomic E-state index is 0.615. The van der Waals surface area contributed by atoms with Crippen LogP contribution in [0.2, 0.25) is 0 Å². The predicted octanol–water partition coefficient (Wildman–Crippen LogP) is 13.4. The first-order chi connectivity index (χ1) is 29.7. The number of aromatic nitrogens is 4. The minimum Gasteiger partial charge on any atom is -0.457 e. The Morgan fingerprint density at radius 3 is 1.92 bits per heavy atom. The van der Waals surface area contributed by atoms with Crippen LogP contribution in [-0.2, 0) is 5.41 Å². The summed E-state index contributed by atoms with van der Waals surface area (Å²) in [6, 6.07) is 61.9. The normalized spacial score (nSPS) is 14.8. The number of ether oxygens (including phenoxy) is 1. The van der Waals surface area contributed by atoms with Crippen LogP contribution in [0.15, 0.2) is 188 Å². The van der Waals surface area contributed by atoms with Crippen molar-refractivity contribution in [2.45, 2.75) is 5.41 Å². The van der Waals surface area contributed by atoms with Gasteiger partial charge in [-0.15, -0.1) is 0 Å². The van der Waals surface area contributed by atoms with Crippen molar-refractivity contribution in [1.29, 1.82) is 0 Å². The number of hydrogen-bond acceptors (Lipinski definition) is 3. The molecule has 6 nitrogen and oxygen atoms in total. The Morgan fingerprint density at radius 1 is 0.450 bits per heavy atom. The van der Waals surface area contributed by atoms with Gasteiger partial charge in [0.15, 0.2) is 5.69 Å². The topological polar surface area (TPSA) is 49.2 Å². The van der Waals surface area contributed by atoms with E-state index in [1.165, 1.54) is 10.8 Å². The third kappa shape index (κ3) is 4.30. The van der Waals surface area contributed by atoms with Crippen LogP contribution in [0.3, 0.4) is 0 Å². The molecule has 4 aromatic heterocycles. The number of nitrogens with zero attached hydrogens (tertiary/aromatic N) is 5. The van der Waals surface area contributed by atoms with Crippen molar-refractivity contribution in [3.05, 3.63) is 222 Å². The highest BCUT2D eigenvalue weighted by atomic mass is 16.5. The fourth-order valence-electron chi connectivity index (χ4n) is 10.2. The summed E-state index contributed by atoms with van der Waals surface area (Å²) in [5.74, 6) is 1.61. The minimum atomic E-state index is -0.747. The summed E-state index contributed by atoms with van der Waals surface area (Å²) < 4.78 is 11.6. The molecule has 0 radical (unpaired) electrons. The van der Waals surface area contributed by atoms with Crippen LogP contribution in [0, 0.1) is 6.57 Å². The molecule has 0 bridgehead atoms. The molecule has 5 heterocycles. The number of fused-ring (bicyclic) bond motifs is 15. The van der Waals surface area contributed by atoms with Gasteiger partial charge in [0, 0.05) is 68.2 Å². The third-order valence-electron chi connectivity index (χ3n) is 12.7. The van der Waals surface area contributed by atoms with Gasteiger partial charge in [0.1, 0.15) is 11.5 Å². The van der Waals surface area contributed by atoms with Crippen LogP contribution in [0.1, 0.15) is 22.3 Å². The Morgan fingerprint density at radius 2 is 1.10 bits per heavy atom. The molecule has 60 heavy (non-hydrogen) atoms. The summed E-state index contributed by atoms with van der Waals surface area (Å²) in [6.45, 7) is 7.81. The van der Waals surface area contributed by atoms with E-state index in [0.29, 0.717) is 5.69 Å². The van der Waals surface area contributed by atoms with Crippen molar-refractivity contribution in [3.8, 4) is 45.4 Å². The van der Waals surface area contributed by atoms with Crippen LogP contribution in [0.5, 0.6) is 11.5 Å². The molecule has 7 aromatic carbocycles. The highest BCUT2D eigenvalue weighted by molar-refractivity contribution is 6.12. The summed E-state index contributed by atoms with van der Waals surface area (Å²) in [5, 5.41) is 4.55. The summed E-state index contributed by atoms with van der Waals surface area (Å²) in [6.07, 6.45) is 3.85. The second-order valence-electron chi connectivity index (χ2n) is 15.6. The third-order valence-corrected chi connectivity index (χ3v) is 12.7. The Kier molecular flexibility index (Phi) is 6.62. The molecule has 0 saturated heterocycles. The van der Waals surface area contributed by atoms with Gasteiger partial charge < -0.3 is 13.9 Å². The van der Waals surface area contributed by atoms with Gasteiger partial charge in [-0.05, 0) is 89.3 Å². The molecule has 1 atom stereocenters. The quantitative estimate of drug-likeness (QED) is 0.168. The second-order valence-corrected chi connectivity index (χ2v) is 15.6. The van der Waals surface area contributed by atoms with Crippen molar-refractivity contribution >= 4 is 49.3 Å². The molecule has 0 N–H and O–H groups in total. The zero-order valence-electron chi connectivity index (χ0n) is 32.0. The van der Waals surface area contributed by atoms with Gasteiger partial charge in [-0.25, -0.2) is 4.85 Å². The maximum Gasteiger partial charge on any atom is 0.188 e. The van der Waals surface area contributed by atoms with Crippen LogP contribution < -0.4 is 4.74 Å². The maximum absolute atomic E-state index is 7.81. The zero-order valence-corrected chi connectivity index (χ0v) is 32.0. The molecular formula is C54H31N5O. The monoisotopic (exact) mass is 765 g/mol. The number of hydrogen-bond donors (Lipinski definition) is 0. The first-order valence-electron chi connectivity index (χ1n) is 20.1. The van der Waals surface area contributed by atoms with E-state index in [1.54, 1.807) is 0 Å². The van der Waals surface area contributed by atoms with E-state index in [4.69, 9.17) is 21.3 Å². The summed E-state index contributed by atoms with van der Waals surface area (Å²) in [7, 11) is 0. The lowest BCUT2D eigenvalue weighted by Gasteiger charge is -2.39. The molecule has 6 heteroatoms. The predicted molar refractivity (Wildman–Crippen MR) is 240 cm³/mol. The Balaban J connectivity index is 1.05. The average molecular weight is 766 g/mol. The van der Waals surface area contributed by atoms with Gasteiger partial charge in [-0.2, -0.15) is 0 Å². The Bertz CT molecular complexity index is 3610. The molecule has 13 rings (SSSR count). The van der Waals surface area contributed by atoms with Gasteiger partial charge in [0.2, 0.25) is 0 Å². The van der Waals surface area contributed by atoms with Gasteiger partial charge >= 0.3 is 0 Å². The van der Waals surface area contributed by atoms with Crippen LogP contribution in [0.25, 0.3) is 82.3 Å². The lowest BCUT2D eigenvalue weighted by atomic mass is 9.66. The maximum atomic E-state index is 7.81. The first kappa shape index (κ1) is 32.8. The van der Waals surface area contributed by atoms with Gasteiger partial charge in [-0.1, -0.05) is 97.1 Å². The lowest BCUT2D eigenvalue weighted by Crippen LogP contribution is -2.32. The Hall–Kier alpha value is -8.27. The molecule has 1 unspecified atom stereocenters. The van der Waals surface area contributed by atoms with Crippen molar-refractivity contribution in [2.24, 2.45) is 0 Å². The molecule has 278 valence electrons. The summed E-state index contributed by atoms with van der Waals surface area (Å²) >= 11 is 0. The van der Waals surface area contributed by atoms with Crippen LogP contribution in [0.4, 0.5) is 5.69 Å². The zero-order chi connectivity index (χ0) is 39.5. The molecular weight excluding hydrogens is 735 g/mol. The van der Waals surface area contributed by atoms with E-state index in [-0.39, 0.29) is 0 Å². The standard InChI is InChI=1S/C54H31N5O/c1-55-35-22-26-49-41(30-35)40-28-33(21-25-48(40)58(49)36-12-3-2-4-13-36)34-29-45-53(57-32-34)52-44(17-11-27-56-52)54(45)42-16-7-10-20-50(42)60-51-31-37(23-24-43(51)54)59-46-18-8-5-14-38(46)39-15-6-9-19-47(39)59/h2-32H. The summed E-state index contributed by atoms with van der Waals surface area (Å²) in [4.78, 5) is 14.1. The summed E-state index contributed by atoms with van der Waals surface area (Å²) in [5.41, 5.74) is 14.4.